The van der Waals surface area contributed by atoms with Gasteiger partial charge in [0.2, 0.25) is 0 Å². The number of hydrogen-bond donors (Lipinski definition) is 1. The van der Waals surface area contributed by atoms with Gasteiger partial charge in [0.05, 0.1) is 16.1 Å². The second kappa shape index (κ2) is 5.29. The Hall–Kier alpha value is -1.06. The van der Waals surface area contributed by atoms with Gasteiger partial charge in [0.1, 0.15) is 11.4 Å². The lowest BCUT2D eigenvalue weighted by molar-refractivity contribution is 0.0922. The number of hydrogen-bond acceptors (Lipinski definition) is 3. The van der Waals surface area contributed by atoms with E-state index in [9.17, 15) is 9.18 Å². The first-order valence-corrected chi connectivity index (χ1v) is 7.28. The fraction of sp³-hybridized carbons (Fsp3) is 0.333. The molecule has 1 atom stereocenters. The van der Waals surface area contributed by atoms with Crippen molar-refractivity contribution < 1.29 is 9.18 Å². The molecule has 2 rings (SSSR count). The number of benzene rings is 1. The SMILES string of the molecule is N#CC1(NC(=O)c2cccc(Br)c2F)CCSC1. The van der Waals surface area contributed by atoms with Crippen LogP contribution < -0.4 is 5.32 Å². The average molecular weight is 329 g/mol. The first kappa shape index (κ1) is 13.4. The number of halogens is 2. The fourth-order valence-corrected chi connectivity index (χ4v) is 3.38. The minimum Gasteiger partial charge on any atom is -0.333 e. The van der Waals surface area contributed by atoms with Crippen molar-refractivity contribution in [3.05, 3.63) is 34.1 Å². The number of nitrogens with one attached hydrogen (secondary N) is 1. The molecule has 1 aliphatic heterocycles. The van der Waals surface area contributed by atoms with E-state index < -0.39 is 17.3 Å². The van der Waals surface area contributed by atoms with Crippen LogP contribution in [0.4, 0.5) is 4.39 Å². The summed E-state index contributed by atoms with van der Waals surface area (Å²) in [5, 5.41) is 11.8. The minimum atomic E-state index is -0.865. The van der Waals surface area contributed by atoms with Crippen LogP contribution in [0.1, 0.15) is 16.8 Å². The lowest BCUT2D eigenvalue weighted by Gasteiger charge is -2.21. The van der Waals surface area contributed by atoms with Crippen LogP contribution in [0.25, 0.3) is 0 Å². The minimum absolute atomic E-state index is 0.0455. The Labute approximate surface area is 117 Å². The van der Waals surface area contributed by atoms with E-state index in [1.807, 2.05) is 0 Å². The van der Waals surface area contributed by atoms with Gasteiger partial charge in [-0.1, -0.05) is 6.07 Å². The smallest absolute Gasteiger partial charge is 0.255 e. The summed E-state index contributed by atoms with van der Waals surface area (Å²) in [4.78, 5) is 12.0. The van der Waals surface area contributed by atoms with E-state index in [1.54, 1.807) is 17.8 Å². The first-order valence-electron chi connectivity index (χ1n) is 5.33. The second-order valence-electron chi connectivity index (χ2n) is 4.05. The summed E-state index contributed by atoms with van der Waals surface area (Å²) in [6, 6.07) is 6.64. The van der Waals surface area contributed by atoms with Crippen molar-refractivity contribution in [1.29, 1.82) is 5.26 Å². The summed E-state index contributed by atoms with van der Waals surface area (Å²) < 4.78 is 14.0. The van der Waals surface area contributed by atoms with Crippen LogP contribution in [0, 0.1) is 17.1 Å². The Balaban J connectivity index is 2.22. The van der Waals surface area contributed by atoms with Gasteiger partial charge >= 0.3 is 0 Å². The molecule has 18 heavy (non-hydrogen) atoms. The summed E-state index contributed by atoms with van der Waals surface area (Å²) in [6.07, 6.45) is 0.593. The molecule has 1 saturated heterocycles. The molecule has 1 fully saturated rings. The highest BCUT2D eigenvalue weighted by Gasteiger charge is 2.36. The molecule has 0 spiro atoms. The van der Waals surface area contributed by atoms with Crippen molar-refractivity contribution in [1.82, 2.24) is 5.32 Å². The Morgan fingerprint density at radius 3 is 3.00 bits per heavy atom. The van der Waals surface area contributed by atoms with Gasteiger partial charge in [0, 0.05) is 5.75 Å². The van der Waals surface area contributed by atoms with Crippen LogP contribution in [-0.2, 0) is 0 Å². The zero-order valence-electron chi connectivity index (χ0n) is 9.37. The summed E-state index contributed by atoms with van der Waals surface area (Å²) in [5.74, 6) is 0.228. The molecule has 1 aliphatic rings. The third-order valence-electron chi connectivity index (χ3n) is 2.78. The van der Waals surface area contributed by atoms with E-state index in [4.69, 9.17) is 5.26 Å². The van der Waals surface area contributed by atoms with E-state index in [0.717, 1.165) is 5.75 Å². The Morgan fingerprint density at radius 1 is 1.61 bits per heavy atom. The maximum Gasteiger partial charge on any atom is 0.255 e. The number of carbonyl (C=O) groups excluding carboxylic acids is 1. The van der Waals surface area contributed by atoms with Crippen LogP contribution in [0.2, 0.25) is 0 Å². The molecule has 1 aromatic rings. The van der Waals surface area contributed by atoms with Gasteiger partial charge < -0.3 is 5.32 Å². The van der Waals surface area contributed by atoms with E-state index in [2.05, 4.69) is 27.3 Å². The fourth-order valence-electron chi connectivity index (χ4n) is 1.74. The molecular formula is C12H10BrFN2OS. The number of nitriles is 1. The van der Waals surface area contributed by atoms with Crippen LogP contribution in [-0.4, -0.2) is 23.0 Å². The van der Waals surface area contributed by atoms with Crippen molar-refractivity contribution in [3.63, 3.8) is 0 Å². The molecule has 0 aromatic heterocycles. The summed E-state index contributed by atoms with van der Waals surface area (Å²) in [5.41, 5.74) is -0.910. The van der Waals surface area contributed by atoms with Gasteiger partial charge in [-0.3, -0.25) is 4.79 Å². The number of nitrogens with zero attached hydrogens (tertiary/aromatic N) is 1. The third kappa shape index (κ3) is 2.52. The molecule has 94 valence electrons. The quantitative estimate of drug-likeness (QED) is 0.908. The number of rotatable bonds is 2. The normalized spacial score (nSPS) is 22.5. The molecule has 1 N–H and O–H groups in total. The van der Waals surface area contributed by atoms with Gasteiger partial charge in [0.15, 0.2) is 0 Å². The zero-order valence-corrected chi connectivity index (χ0v) is 11.8. The van der Waals surface area contributed by atoms with E-state index in [1.165, 1.54) is 12.1 Å². The number of carbonyl (C=O) groups is 1. The van der Waals surface area contributed by atoms with Crippen molar-refractivity contribution >= 4 is 33.6 Å². The summed E-state index contributed by atoms with van der Waals surface area (Å²) >= 11 is 4.64. The molecule has 1 amide bonds. The highest BCUT2D eigenvalue weighted by atomic mass is 79.9. The molecule has 6 heteroatoms. The van der Waals surface area contributed by atoms with Gasteiger partial charge in [0.25, 0.3) is 5.91 Å². The van der Waals surface area contributed by atoms with Crippen molar-refractivity contribution in [3.8, 4) is 6.07 Å². The second-order valence-corrected chi connectivity index (χ2v) is 6.01. The van der Waals surface area contributed by atoms with Crippen molar-refractivity contribution in [2.24, 2.45) is 0 Å². The highest BCUT2D eigenvalue weighted by Crippen LogP contribution is 2.28. The van der Waals surface area contributed by atoms with Crippen LogP contribution in [0.15, 0.2) is 22.7 Å². The Morgan fingerprint density at radius 2 is 2.39 bits per heavy atom. The number of amides is 1. The highest BCUT2D eigenvalue weighted by molar-refractivity contribution is 9.10. The summed E-state index contributed by atoms with van der Waals surface area (Å²) in [6.45, 7) is 0. The van der Waals surface area contributed by atoms with Gasteiger partial charge in [-0.05, 0) is 40.2 Å². The standard InChI is InChI=1S/C12H10BrFN2OS/c13-9-3-1-2-8(10(9)14)11(17)16-12(6-15)4-5-18-7-12/h1-3H,4-5,7H2,(H,16,17). The molecule has 1 aromatic carbocycles. The molecule has 1 heterocycles. The summed E-state index contributed by atoms with van der Waals surface area (Å²) in [7, 11) is 0. The van der Waals surface area contributed by atoms with Crippen LogP contribution >= 0.6 is 27.7 Å². The maximum absolute atomic E-state index is 13.8. The van der Waals surface area contributed by atoms with Crippen LogP contribution in [0.3, 0.4) is 0 Å². The lowest BCUT2D eigenvalue weighted by atomic mass is 10.0. The van der Waals surface area contributed by atoms with E-state index in [0.29, 0.717) is 12.2 Å². The van der Waals surface area contributed by atoms with Crippen molar-refractivity contribution in [2.45, 2.75) is 12.0 Å². The molecule has 3 nitrogen and oxygen atoms in total. The zero-order chi connectivity index (χ0) is 13.2. The number of thioether (sulfide) groups is 1. The Kier molecular flexibility index (Phi) is 3.93. The van der Waals surface area contributed by atoms with Gasteiger partial charge in [-0.2, -0.15) is 17.0 Å². The topological polar surface area (TPSA) is 52.9 Å². The molecule has 0 bridgehead atoms. The Bertz CT molecular complexity index is 523. The molecule has 0 radical (unpaired) electrons. The predicted octanol–water partition coefficient (Wildman–Crippen LogP) is 2.72. The molecular weight excluding hydrogens is 319 g/mol. The third-order valence-corrected chi connectivity index (χ3v) is 4.59. The average Bonchev–Trinajstić information content (AvgIpc) is 2.81. The van der Waals surface area contributed by atoms with Gasteiger partial charge in [-0.25, -0.2) is 4.39 Å². The van der Waals surface area contributed by atoms with E-state index in [-0.39, 0.29) is 10.0 Å². The monoisotopic (exact) mass is 328 g/mol. The predicted molar refractivity (Wildman–Crippen MR) is 71.9 cm³/mol. The van der Waals surface area contributed by atoms with Crippen LogP contribution in [0.5, 0.6) is 0 Å². The first-order chi connectivity index (χ1) is 8.58. The molecule has 1 unspecified atom stereocenters. The van der Waals surface area contributed by atoms with Gasteiger partial charge in [-0.15, -0.1) is 0 Å². The maximum atomic E-state index is 13.8. The van der Waals surface area contributed by atoms with Crippen molar-refractivity contribution in [2.75, 3.05) is 11.5 Å². The largest absolute Gasteiger partial charge is 0.333 e. The molecule has 0 saturated carbocycles. The lowest BCUT2D eigenvalue weighted by Crippen LogP contribution is -2.47. The molecule has 0 aliphatic carbocycles. The van der Waals surface area contributed by atoms with E-state index >= 15 is 0 Å².